The van der Waals surface area contributed by atoms with E-state index >= 15 is 0 Å². The standard InChI is InChI=1S/C22H16N4O2/c27-22-26(13-11-15-6-2-1-3-7-15)20-21(28-22)25-19(14-24-20)17-8-4-10-18-16(17)9-5-12-23-18/h1-10,12,14H,11,13H2. The molecule has 136 valence electrons. The topological polar surface area (TPSA) is 73.8 Å². The molecular formula is C22H16N4O2. The quantitative estimate of drug-likeness (QED) is 0.482. The molecule has 0 saturated heterocycles. The Labute approximate surface area is 160 Å². The van der Waals surface area contributed by atoms with Crippen molar-refractivity contribution < 1.29 is 4.42 Å². The van der Waals surface area contributed by atoms with Crippen molar-refractivity contribution in [2.75, 3.05) is 0 Å². The lowest BCUT2D eigenvalue weighted by atomic mass is 10.1. The maximum absolute atomic E-state index is 12.3. The monoisotopic (exact) mass is 368 g/mol. The van der Waals surface area contributed by atoms with E-state index in [-0.39, 0.29) is 5.71 Å². The molecule has 28 heavy (non-hydrogen) atoms. The minimum atomic E-state index is -0.442. The highest BCUT2D eigenvalue weighted by Crippen LogP contribution is 2.26. The van der Waals surface area contributed by atoms with E-state index in [1.165, 1.54) is 4.57 Å². The Balaban J connectivity index is 1.55. The maximum atomic E-state index is 12.3. The van der Waals surface area contributed by atoms with Crippen molar-refractivity contribution in [1.29, 1.82) is 0 Å². The molecule has 0 saturated carbocycles. The maximum Gasteiger partial charge on any atom is 0.422 e. The Morgan fingerprint density at radius 1 is 0.929 bits per heavy atom. The third-order valence-corrected chi connectivity index (χ3v) is 4.77. The number of aryl methyl sites for hydroxylation is 2. The summed E-state index contributed by atoms with van der Waals surface area (Å²) in [5.41, 5.74) is 4.29. The van der Waals surface area contributed by atoms with Crippen LogP contribution in [0.3, 0.4) is 0 Å². The highest BCUT2D eigenvalue weighted by molar-refractivity contribution is 5.93. The Hall–Kier alpha value is -3.80. The van der Waals surface area contributed by atoms with Crippen molar-refractivity contribution >= 4 is 22.3 Å². The lowest BCUT2D eigenvalue weighted by Crippen LogP contribution is -2.16. The van der Waals surface area contributed by atoms with Crippen LogP contribution in [0.15, 0.2) is 82.3 Å². The van der Waals surface area contributed by atoms with Crippen molar-refractivity contribution in [3.05, 3.63) is 89.2 Å². The van der Waals surface area contributed by atoms with Gasteiger partial charge in [-0.3, -0.25) is 9.55 Å². The molecule has 0 aliphatic carbocycles. The van der Waals surface area contributed by atoms with Crippen molar-refractivity contribution in [1.82, 2.24) is 19.5 Å². The van der Waals surface area contributed by atoms with Crippen LogP contribution in [0.1, 0.15) is 5.56 Å². The van der Waals surface area contributed by atoms with Gasteiger partial charge in [0.25, 0.3) is 5.71 Å². The highest BCUT2D eigenvalue weighted by Gasteiger charge is 2.14. The largest absolute Gasteiger partial charge is 0.422 e. The first-order chi connectivity index (χ1) is 13.8. The van der Waals surface area contributed by atoms with E-state index in [2.05, 4.69) is 15.0 Å². The van der Waals surface area contributed by atoms with Crippen LogP contribution in [0.5, 0.6) is 0 Å². The zero-order valence-electron chi connectivity index (χ0n) is 14.9. The molecule has 0 aliphatic heterocycles. The van der Waals surface area contributed by atoms with Crippen LogP contribution in [0.2, 0.25) is 0 Å². The van der Waals surface area contributed by atoms with Gasteiger partial charge < -0.3 is 4.42 Å². The van der Waals surface area contributed by atoms with E-state index in [9.17, 15) is 4.79 Å². The predicted octanol–water partition coefficient (Wildman–Crippen LogP) is 3.84. The van der Waals surface area contributed by atoms with Crippen LogP contribution in [0.4, 0.5) is 0 Å². The summed E-state index contributed by atoms with van der Waals surface area (Å²) in [6, 6.07) is 19.7. The van der Waals surface area contributed by atoms with Crippen molar-refractivity contribution in [2.24, 2.45) is 0 Å². The smallest absolute Gasteiger partial charge is 0.387 e. The highest BCUT2D eigenvalue weighted by atomic mass is 16.4. The molecule has 2 aromatic carbocycles. The number of rotatable bonds is 4. The molecule has 0 aliphatic rings. The Kier molecular flexibility index (Phi) is 3.94. The average Bonchev–Trinajstić information content (AvgIpc) is 3.06. The molecule has 0 spiro atoms. The van der Waals surface area contributed by atoms with Gasteiger partial charge in [0.15, 0.2) is 0 Å². The van der Waals surface area contributed by atoms with Gasteiger partial charge in [0.05, 0.1) is 17.4 Å². The molecule has 0 amide bonds. The zero-order chi connectivity index (χ0) is 18.9. The van der Waals surface area contributed by atoms with Gasteiger partial charge in [-0.1, -0.05) is 48.5 Å². The SMILES string of the molecule is O=c1oc2nc(-c3cccc4ncccc34)cnc2n1CCc1ccccc1. The fraction of sp³-hybridized carbons (Fsp3) is 0.0909. The van der Waals surface area contributed by atoms with Crippen LogP contribution >= 0.6 is 0 Å². The molecule has 6 heteroatoms. The lowest BCUT2D eigenvalue weighted by molar-refractivity contribution is 0.499. The summed E-state index contributed by atoms with van der Waals surface area (Å²) in [4.78, 5) is 25.7. The molecule has 0 unspecified atom stereocenters. The number of hydrogen-bond donors (Lipinski definition) is 0. The number of fused-ring (bicyclic) bond motifs is 2. The zero-order valence-corrected chi connectivity index (χ0v) is 14.9. The van der Waals surface area contributed by atoms with Crippen molar-refractivity contribution in [3.63, 3.8) is 0 Å². The number of aromatic nitrogens is 4. The van der Waals surface area contributed by atoms with E-state index in [0.717, 1.165) is 22.0 Å². The van der Waals surface area contributed by atoms with E-state index in [1.54, 1.807) is 12.4 Å². The molecule has 0 atom stereocenters. The lowest BCUT2D eigenvalue weighted by Gasteiger charge is -2.05. The van der Waals surface area contributed by atoms with Crippen LogP contribution in [0, 0.1) is 0 Å². The fourth-order valence-corrected chi connectivity index (χ4v) is 3.38. The van der Waals surface area contributed by atoms with Crippen LogP contribution in [-0.4, -0.2) is 19.5 Å². The van der Waals surface area contributed by atoms with Crippen molar-refractivity contribution in [3.8, 4) is 11.3 Å². The number of pyridine rings is 1. The molecule has 0 N–H and O–H groups in total. The van der Waals surface area contributed by atoms with Gasteiger partial charge in [0.1, 0.15) is 0 Å². The minimum Gasteiger partial charge on any atom is -0.387 e. The second-order valence-electron chi connectivity index (χ2n) is 6.51. The van der Waals surface area contributed by atoms with Gasteiger partial charge >= 0.3 is 5.76 Å². The molecular weight excluding hydrogens is 352 g/mol. The third kappa shape index (κ3) is 2.85. The molecule has 3 aromatic heterocycles. The molecule has 0 fully saturated rings. The summed E-state index contributed by atoms with van der Waals surface area (Å²) in [7, 11) is 0. The van der Waals surface area contributed by atoms with Crippen LogP contribution < -0.4 is 5.76 Å². The first-order valence-corrected chi connectivity index (χ1v) is 9.04. The van der Waals surface area contributed by atoms with Gasteiger partial charge in [-0.05, 0) is 24.1 Å². The molecule has 0 radical (unpaired) electrons. The van der Waals surface area contributed by atoms with E-state index in [1.807, 2.05) is 60.7 Å². The van der Waals surface area contributed by atoms with Gasteiger partial charge in [-0.2, -0.15) is 0 Å². The molecule has 3 heterocycles. The summed E-state index contributed by atoms with van der Waals surface area (Å²) in [5.74, 6) is -0.442. The summed E-state index contributed by atoms with van der Waals surface area (Å²) < 4.78 is 6.91. The van der Waals surface area contributed by atoms with Crippen molar-refractivity contribution in [2.45, 2.75) is 13.0 Å². The van der Waals surface area contributed by atoms with Gasteiger partial charge in [-0.15, -0.1) is 0 Å². The Morgan fingerprint density at radius 2 is 1.82 bits per heavy atom. The number of hydrogen-bond acceptors (Lipinski definition) is 5. The molecule has 6 nitrogen and oxygen atoms in total. The van der Waals surface area contributed by atoms with Crippen LogP contribution in [0.25, 0.3) is 33.5 Å². The van der Waals surface area contributed by atoms with Crippen LogP contribution in [-0.2, 0) is 13.0 Å². The first-order valence-electron chi connectivity index (χ1n) is 9.04. The minimum absolute atomic E-state index is 0.247. The summed E-state index contributed by atoms with van der Waals surface area (Å²) in [6.07, 6.45) is 4.15. The van der Waals surface area contributed by atoms with E-state index in [0.29, 0.717) is 24.3 Å². The first kappa shape index (κ1) is 16.4. The second kappa shape index (κ2) is 6.74. The van der Waals surface area contributed by atoms with E-state index < -0.39 is 5.76 Å². The summed E-state index contributed by atoms with van der Waals surface area (Å²) >= 11 is 0. The molecule has 5 rings (SSSR count). The van der Waals surface area contributed by atoms with Gasteiger partial charge in [0, 0.05) is 23.7 Å². The molecule has 5 aromatic rings. The average molecular weight is 368 g/mol. The molecule has 0 bridgehead atoms. The van der Waals surface area contributed by atoms with Gasteiger partial charge in [0.2, 0.25) is 5.65 Å². The van der Waals surface area contributed by atoms with E-state index in [4.69, 9.17) is 4.42 Å². The number of nitrogens with zero attached hydrogens (tertiary/aromatic N) is 4. The third-order valence-electron chi connectivity index (χ3n) is 4.77. The summed E-state index contributed by atoms with van der Waals surface area (Å²) in [6.45, 7) is 0.488. The Bertz CT molecular complexity index is 1330. The fourth-order valence-electron chi connectivity index (χ4n) is 3.38. The second-order valence-corrected chi connectivity index (χ2v) is 6.51. The summed E-state index contributed by atoms with van der Waals surface area (Å²) in [5, 5.41) is 0.976. The number of oxazole rings is 1. The Morgan fingerprint density at radius 3 is 2.71 bits per heavy atom. The number of benzene rings is 2. The predicted molar refractivity (Wildman–Crippen MR) is 107 cm³/mol. The van der Waals surface area contributed by atoms with Gasteiger partial charge in [-0.25, -0.2) is 14.8 Å². The normalized spacial score (nSPS) is 11.3.